The maximum absolute atomic E-state index is 3.95. The van der Waals surface area contributed by atoms with Crippen molar-refractivity contribution in [2.24, 2.45) is 0 Å². The first kappa shape index (κ1) is 4.27. The Kier molecular flexibility index (Phi) is 0.635. The van der Waals surface area contributed by atoms with Crippen LogP contribution in [0.2, 0.25) is 0 Å². The fourth-order valence-corrected chi connectivity index (χ4v) is 0.554. The van der Waals surface area contributed by atoms with Crippen LogP contribution in [0, 0.1) is 0 Å². The Morgan fingerprint density at radius 3 is 2.43 bits per heavy atom. The monoisotopic (exact) mass is 94.1 g/mol. The van der Waals surface area contributed by atoms with Crippen molar-refractivity contribution in [1.29, 1.82) is 0 Å². The molecule has 0 aromatic heterocycles. The highest BCUT2D eigenvalue weighted by Gasteiger charge is 2.09. The Bertz CT molecular complexity index is 166. The van der Waals surface area contributed by atoms with Gasteiger partial charge >= 0.3 is 0 Å². The van der Waals surface area contributed by atoms with Gasteiger partial charge in [0, 0.05) is 11.8 Å². The summed E-state index contributed by atoms with van der Waals surface area (Å²) in [7, 11) is 0. The minimum Gasteiger partial charge on any atom is -0.344 e. The molecule has 0 spiro atoms. The molecule has 0 unspecified atom stereocenters. The van der Waals surface area contributed by atoms with E-state index in [4.69, 9.17) is 0 Å². The Morgan fingerprint density at radius 2 is 2.29 bits per heavy atom. The van der Waals surface area contributed by atoms with Gasteiger partial charge in [0.1, 0.15) is 0 Å². The third-order valence-electron chi connectivity index (χ3n) is 0.972. The molecule has 2 heteroatoms. The summed E-state index contributed by atoms with van der Waals surface area (Å²) in [5, 5.41) is 0. The highest BCUT2D eigenvalue weighted by atomic mass is 14.7. The predicted molar refractivity (Wildman–Crippen MR) is 28.3 cm³/mol. The minimum atomic E-state index is 0. The van der Waals surface area contributed by atoms with Crippen LogP contribution < -0.4 is 6.15 Å². The quantitative estimate of drug-likeness (QED) is 0.533. The molecule has 2 aliphatic rings. The molecule has 2 nitrogen and oxygen atoms in total. The number of nitrogens with zero attached hydrogens (tertiary/aromatic N) is 1. The largest absolute Gasteiger partial charge is 0.344 e. The van der Waals surface area contributed by atoms with Crippen LogP contribution in [0.1, 0.15) is 0 Å². The molecule has 0 saturated heterocycles. The normalized spacial score (nSPS) is 9.71. The Labute approximate surface area is 41.8 Å². The molecule has 0 saturated carbocycles. The first-order chi connectivity index (χ1) is 2.97. The topological polar surface area (TPSA) is 47.9 Å². The van der Waals surface area contributed by atoms with Crippen molar-refractivity contribution in [3.05, 3.63) is 18.3 Å². The van der Waals surface area contributed by atoms with E-state index < -0.39 is 0 Å². The van der Waals surface area contributed by atoms with Crippen LogP contribution in [0.5, 0.6) is 0 Å². The van der Waals surface area contributed by atoms with Crippen LogP contribution in [0.25, 0.3) is 11.3 Å². The third kappa shape index (κ3) is 0.400. The van der Waals surface area contributed by atoms with Gasteiger partial charge in [-0.15, -0.1) is 0 Å². The van der Waals surface area contributed by atoms with Gasteiger partial charge in [-0.2, -0.15) is 0 Å². The van der Waals surface area contributed by atoms with Gasteiger partial charge in [0.2, 0.25) is 0 Å². The number of aromatic nitrogens is 1. The second kappa shape index (κ2) is 1.04. The highest BCUT2D eigenvalue weighted by molar-refractivity contribution is 5.75. The fourth-order valence-electron chi connectivity index (χ4n) is 0.554. The SMILES string of the molecule is N.c1cc2cc-2n1. The molecule has 0 amide bonds. The predicted octanol–water partition coefficient (Wildman–Crippen LogP) is 1.22. The number of pyridine rings is 1. The number of hydrogen-bond acceptors (Lipinski definition) is 2. The summed E-state index contributed by atoms with van der Waals surface area (Å²) in [5.74, 6) is 0. The molecule has 36 valence electrons. The van der Waals surface area contributed by atoms with Gasteiger partial charge in [0.25, 0.3) is 0 Å². The summed E-state index contributed by atoms with van der Waals surface area (Å²) in [5.41, 5.74) is 2.49. The highest BCUT2D eigenvalue weighted by Crippen LogP contribution is 2.29. The van der Waals surface area contributed by atoms with E-state index in [9.17, 15) is 0 Å². The summed E-state index contributed by atoms with van der Waals surface area (Å²) in [6.07, 6.45) is 1.82. The molecule has 0 atom stereocenters. The first-order valence-electron chi connectivity index (χ1n) is 1.93. The van der Waals surface area contributed by atoms with E-state index in [2.05, 4.69) is 11.1 Å². The van der Waals surface area contributed by atoms with Crippen molar-refractivity contribution < 1.29 is 0 Å². The van der Waals surface area contributed by atoms with Crippen LogP contribution >= 0.6 is 0 Å². The molecule has 1 aliphatic heterocycles. The van der Waals surface area contributed by atoms with Crippen molar-refractivity contribution in [3.63, 3.8) is 0 Å². The molecule has 1 heterocycles. The molecule has 0 fully saturated rings. The average molecular weight is 94.1 g/mol. The van der Waals surface area contributed by atoms with Crippen molar-refractivity contribution in [2.75, 3.05) is 0 Å². The Morgan fingerprint density at radius 1 is 1.43 bits per heavy atom. The van der Waals surface area contributed by atoms with Gasteiger partial charge in [-0.05, 0) is 12.1 Å². The summed E-state index contributed by atoms with van der Waals surface area (Å²) >= 11 is 0. The number of hydrogen-bond donors (Lipinski definition) is 1. The Balaban J connectivity index is 0.000000245. The lowest BCUT2D eigenvalue weighted by atomic mass is 10.6. The molecule has 3 N–H and O–H groups in total. The zero-order chi connectivity index (χ0) is 3.98. The lowest BCUT2D eigenvalue weighted by Crippen LogP contribution is -1.43. The first-order valence-corrected chi connectivity index (χ1v) is 1.93. The van der Waals surface area contributed by atoms with Crippen molar-refractivity contribution in [1.82, 2.24) is 11.1 Å². The molecular weight excluding hydrogens is 88.1 g/mol. The van der Waals surface area contributed by atoms with Gasteiger partial charge in [-0.1, -0.05) is 0 Å². The lowest BCUT2D eigenvalue weighted by Gasteiger charge is -1.50. The van der Waals surface area contributed by atoms with E-state index in [1.807, 2.05) is 12.3 Å². The lowest BCUT2D eigenvalue weighted by molar-refractivity contribution is 1.45. The third-order valence-corrected chi connectivity index (χ3v) is 0.972. The smallest absolute Gasteiger partial charge is 0.0710 e. The van der Waals surface area contributed by atoms with Gasteiger partial charge in [0.05, 0.1) is 5.69 Å². The van der Waals surface area contributed by atoms with Crippen molar-refractivity contribution in [3.8, 4) is 11.3 Å². The van der Waals surface area contributed by atoms with Gasteiger partial charge < -0.3 is 6.15 Å². The fraction of sp³-hybridized carbons (Fsp3) is 0. The van der Waals surface area contributed by atoms with E-state index >= 15 is 0 Å². The zero-order valence-corrected chi connectivity index (χ0v) is 3.89. The second-order valence-electron chi connectivity index (χ2n) is 1.43. The maximum atomic E-state index is 3.95. The molecule has 1 aliphatic carbocycles. The molecule has 2 rings (SSSR count). The van der Waals surface area contributed by atoms with E-state index in [-0.39, 0.29) is 6.15 Å². The summed E-state index contributed by atoms with van der Waals surface area (Å²) in [6.45, 7) is 0. The molecule has 7 heavy (non-hydrogen) atoms. The van der Waals surface area contributed by atoms with Gasteiger partial charge in [0.15, 0.2) is 0 Å². The van der Waals surface area contributed by atoms with Crippen molar-refractivity contribution >= 4 is 0 Å². The standard InChI is InChI=1S/C5H3N.H3N/c1-2-6-5-3-4(1)5;/h1-3H;1H3. The second-order valence-corrected chi connectivity index (χ2v) is 1.43. The maximum Gasteiger partial charge on any atom is 0.0710 e. The number of fused-ring (bicyclic) bond motifs is 1. The van der Waals surface area contributed by atoms with Crippen LogP contribution in [-0.2, 0) is 0 Å². The minimum absolute atomic E-state index is 0. The molecule has 0 bridgehead atoms. The van der Waals surface area contributed by atoms with Crippen LogP contribution in [0.15, 0.2) is 18.3 Å². The van der Waals surface area contributed by atoms with E-state index in [1.54, 1.807) is 0 Å². The van der Waals surface area contributed by atoms with Gasteiger partial charge in [-0.3, -0.25) is 4.98 Å². The van der Waals surface area contributed by atoms with Crippen LogP contribution in [0.3, 0.4) is 0 Å². The zero-order valence-electron chi connectivity index (χ0n) is 3.89. The number of rotatable bonds is 0. The molecule has 0 aromatic rings. The average Bonchev–Trinajstić information content (AvgIpc) is 2.17. The van der Waals surface area contributed by atoms with E-state index in [0.717, 1.165) is 0 Å². The Hall–Kier alpha value is -0.890. The molecule has 0 radical (unpaired) electrons. The van der Waals surface area contributed by atoms with E-state index in [1.165, 1.54) is 11.3 Å². The van der Waals surface area contributed by atoms with Crippen LogP contribution in [-0.4, -0.2) is 4.98 Å². The van der Waals surface area contributed by atoms with Crippen molar-refractivity contribution in [2.45, 2.75) is 0 Å². The van der Waals surface area contributed by atoms with E-state index in [0.29, 0.717) is 0 Å². The summed E-state index contributed by atoms with van der Waals surface area (Å²) in [6, 6.07) is 4.06. The van der Waals surface area contributed by atoms with Crippen LogP contribution in [0.4, 0.5) is 0 Å². The summed E-state index contributed by atoms with van der Waals surface area (Å²) < 4.78 is 0. The van der Waals surface area contributed by atoms with Gasteiger partial charge in [-0.25, -0.2) is 0 Å². The molecular formula is C5H6N2. The summed E-state index contributed by atoms with van der Waals surface area (Å²) in [4.78, 5) is 3.95. The molecule has 0 aromatic carbocycles.